The number of benzene rings is 2. The number of aromatic nitrogens is 2. The van der Waals surface area contributed by atoms with Crippen molar-refractivity contribution >= 4 is 0 Å². The van der Waals surface area contributed by atoms with Gasteiger partial charge in [0.25, 0.3) is 0 Å². The van der Waals surface area contributed by atoms with E-state index in [1.807, 2.05) is 29.1 Å². The number of rotatable bonds is 5. The molecule has 24 heavy (non-hydrogen) atoms. The molecule has 122 valence electrons. The predicted molar refractivity (Wildman–Crippen MR) is 93.9 cm³/mol. The van der Waals surface area contributed by atoms with Gasteiger partial charge in [0.05, 0.1) is 19.3 Å². The molecule has 1 aliphatic heterocycles. The first-order valence-electron chi connectivity index (χ1n) is 8.39. The summed E-state index contributed by atoms with van der Waals surface area (Å²) in [5, 5.41) is 8.11. The molecule has 0 saturated carbocycles. The Morgan fingerprint density at radius 3 is 2.79 bits per heavy atom. The van der Waals surface area contributed by atoms with Crippen LogP contribution >= 0.6 is 0 Å². The highest BCUT2D eigenvalue weighted by Gasteiger charge is 2.20. The van der Waals surface area contributed by atoms with Crippen molar-refractivity contribution in [3.05, 3.63) is 83.7 Å². The van der Waals surface area contributed by atoms with Crippen molar-refractivity contribution in [2.24, 2.45) is 0 Å². The van der Waals surface area contributed by atoms with E-state index in [0.29, 0.717) is 6.04 Å². The Labute approximate surface area is 142 Å². The van der Waals surface area contributed by atoms with Crippen LogP contribution in [0.25, 0.3) is 0 Å². The van der Waals surface area contributed by atoms with Crippen LogP contribution in [0.2, 0.25) is 0 Å². The van der Waals surface area contributed by atoms with Gasteiger partial charge in [-0.15, -0.1) is 0 Å². The Bertz CT molecular complexity index is 797. The zero-order valence-corrected chi connectivity index (χ0v) is 13.6. The molecular formula is C20H21N3O. The zero-order valence-electron chi connectivity index (χ0n) is 13.6. The van der Waals surface area contributed by atoms with Gasteiger partial charge in [0, 0.05) is 36.3 Å². The molecule has 0 unspecified atom stereocenters. The molecule has 3 aromatic rings. The highest BCUT2D eigenvalue weighted by Crippen LogP contribution is 2.31. The van der Waals surface area contributed by atoms with Crippen molar-refractivity contribution < 1.29 is 4.74 Å². The van der Waals surface area contributed by atoms with Crippen LogP contribution in [0, 0.1) is 0 Å². The van der Waals surface area contributed by atoms with Gasteiger partial charge in [0.2, 0.25) is 0 Å². The Hall–Kier alpha value is -2.59. The standard InChI is InChI=1S/C20H21N3O/c1-2-6-16(7-3-1)14-23-15-17(13-22-23)12-21-19-10-11-24-20-9-5-4-8-18(19)20/h1-9,13,15,19,21H,10-12,14H2/t19-/m1/s1. The molecule has 1 atom stereocenters. The molecule has 0 bridgehead atoms. The van der Waals surface area contributed by atoms with Crippen LogP contribution in [0.15, 0.2) is 67.0 Å². The van der Waals surface area contributed by atoms with Gasteiger partial charge in [0.1, 0.15) is 5.75 Å². The van der Waals surface area contributed by atoms with Crippen molar-refractivity contribution in [3.63, 3.8) is 0 Å². The van der Waals surface area contributed by atoms with E-state index >= 15 is 0 Å². The molecule has 0 aliphatic carbocycles. The monoisotopic (exact) mass is 319 g/mol. The molecule has 0 fully saturated rings. The Balaban J connectivity index is 1.39. The third-order valence-corrected chi connectivity index (χ3v) is 4.39. The number of para-hydroxylation sites is 1. The Kier molecular flexibility index (Phi) is 4.30. The van der Waals surface area contributed by atoms with Gasteiger partial charge in [-0.2, -0.15) is 5.10 Å². The molecule has 4 nitrogen and oxygen atoms in total. The van der Waals surface area contributed by atoms with E-state index in [4.69, 9.17) is 4.74 Å². The fourth-order valence-corrected chi connectivity index (χ4v) is 3.15. The molecule has 4 heteroatoms. The summed E-state index contributed by atoms with van der Waals surface area (Å²) in [5.74, 6) is 1.00. The Morgan fingerprint density at radius 2 is 1.88 bits per heavy atom. The second-order valence-corrected chi connectivity index (χ2v) is 6.14. The van der Waals surface area contributed by atoms with Crippen LogP contribution in [-0.2, 0) is 13.1 Å². The number of hydrogen-bond acceptors (Lipinski definition) is 3. The van der Waals surface area contributed by atoms with E-state index in [-0.39, 0.29) is 0 Å². The van der Waals surface area contributed by atoms with Crippen molar-refractivity contribution in [2.45, 2.75) is 25.6 Å². The molecule has 2 aromatic carbocycles. The first-order chi connectivity index (χ1) is 11.9. The van der Waals surface area contributed by atoms with E-state index in [2.05, 4.69) is 53.0 Å². The molecule has 4 rings (SSSR count). The third kappa shape index (κ3) is 3.34. The van der Waals surface area contributed by atoms with Crippen molar-refractivity contribution in [1.82, 2.24) is 15.1 Å². The van der Waals surface area contributed by atoms with Gasteiger partial charge in [-0.1, -0.05) is 48.5 Å². The molecule has 1 aliphatic rings. The van der Waals surface area contributed by atoms with E-state index in [9.17, 15) is 0 Å². The average Bonchev–Trinajstić information content (AvgIpc) is 3.08. The molecule has 0 amide bonds. The number of ether oxygens (including phenoxy) is 1. The smallest absolute Gasteiger partial charge is 0.124 e. The third-order valence-electron chi connectivity index (χ3n) is 4.39. The van der Waals surface area contributed by atoms with Crippen molar-refractivity contribution in [1.29, 1.82) is 0 Å². The number of nitrogens with one attached hydrogen (secondary N) is 1. The van der Waals surface area contributed by atoms with Crippen LogP contribution in [0.1, 0.15) is 29.2 Å². The molecule has 0 spiro atoms. The highest BCUT2D eigenvalue weighted by atomic mass is 16.5. The van der Waals surface area contributed by atoms with Crippen LogP contribution in [0.4, 0.5) is 0 Å². The number of fused-ring (bicyclic) bond motifs is 1. The van der Waals surface area contributed by atoms with E-state index in [0.717, 1.165) is 31.9 Å². The minimum Gasteiger partial charge on any atom is -0.493 e. The summed E-state index contributed by atoms with van der Waals surface area (Å²) >= 11 is 0. The van der Waals surface area contributed by atoms with E-state index in [1.54, 1.807) is 0 Å². The maximum atomic E-state index is 5.72. The summed E-state index contributed by atoms with van der Waals surface area (Å²) in [5.41, 5.74) is 3.72. The summed E-state index contributed by atoms with van der Waals surface area (Å²) in [6.07, 6.45) is 5.06. The van der Waals surface area contributed by atoms with Gasteiger partial charge in [0.15, 0.2) is 0 Å². The number of nitrogens with zero attached hydrogens (tertiary/aromatic N) is 2. The normalized spacial score (nSPS) is 16.4. The maximum Gasteiger partial charge on any atom is 0.124 e. The molecule has 1 aromatic heterocycles. The van der Waals surface area contributed by atoms with Crippen LogP contribution in [0.5, 0.6) is 5.75 Å². The van der Waals surface area contributed by atoms with Gasteiger partial charge in [-0.3, -0.25) is 4.68 Å². The quantitative estimate of drug-likeness (QED) is 0.782. The molecule has 2 heterocycles. The maximum absolute atomic E-state index is 5.72. The van der Waals surface area contributed by atoms with Gasteiger partial charge >= 0.3 is 0 Å². The lowest BCUT2D eigenvalue weighted by Gasteiger charge is -2.26. The topological polar surface area (TPSA) is 39.1 Å². The number of hydrogen-bond donors (Lipinski definition) is 1. The lowest BCUT2D eigenvalue weighted by atomic mass is 10.0. The van der Waals surface area contributed by atoms with E-state index < -0.39 is 0 Å². The van der Waals surface area contributed by atoms with Gasteiger partial charge in [-0.05, 0) is 11.6 Å². The molecular weight excluding hydrogens is 298 g/mol. The van der Waals surface area contributed by atoms with Gasteiger partial charge in [-0.25, -0.2) is 0 Å². The largest absolute Gasteiger partial charge is 0.493 e. The van der Waals surface area contributed by atoms with Crippen LogP contribution in [-0.4, -0.2) is 16.4 Å². The van der Waals surface area contributed by atoms with Gasteiger partial charge < -0.3 is 10.1 Å². The molecule has 1 N–H and O–H groups in total. The minimum atomic E-state index is 0.340. The lowest BCUT2D eigenvalue weighted by molar-refractivity contribution is 0.252. The second-order valence-electron chi connectivity index (χ2n) is 6.14. The SMILES string of the molecule is c1ccc(Cn2cc(CN[C@@H]3CCOc4ccccc43)cn2)cc1. The average molecular weight is 319 g/mol. The van der Waals surface area contributed by atoms with Crippen LogP contribution in [0.3, 0.4) is 0 Å². The first kappa shape index (κ1) is 15.0. The van der Waals surface area contributed by atoms with Crippen LogP contribution < -0.4 is 10.1 Å². The second kappa shape index (κ2) is 6.89. The zero-order chi connectivity index (χ0) is 16.2. The fraction of sp³-hybridized carbons (Fsp3) is 0.250. The summed E-state index contributed by atoms with van der Waals surface area (Å²) in [7, 11) is 0. The van der Waals surface area contributed by atoms with Crippen molar-refractivity contribution in [3.8, 4) is 5.75 Å². The summed E-state index contributed by atoms with van der Waals surface area (Å²) in [4.78, 5) is 0. The predicted octanol–water partition coefficient (Wildman–Crippen LogP) is 3.54. The first-order valence-corrected chi connectivity index (χ1v) is 8.39. The Morgan fingerprint density at radius 1 is 1.04 bits per heavy atom. The lowest BCUT2D eigenvalue weighted by Crippen LogP contribution is -2.26. The molecule has 0 radical (unpaired) electrons. The highest BCUT2D eigenvalue weighted by molar-refractivity contribution is 5.37. The minimum absolute atomic E-state index is 0.340. The summed E-state index contributed by atoms with van der Waals surface area (Å²) in [6, 6.07) is 19.0. The summed E-state index contributed by atoms with van der Waals surface area (Å²) < 4.78 is 7.71. The molecule has 0 saturated heterocycles. The van der Waals surface area contributed by atoms with Crippen molar-refractivity contribution in [2.75, 3.05) is 6.61 Å². The fourth-order valence-electron chi connectivity index (χ4n) is 3.15. The summed E-state index contributed by atoms with van der Waals surface area (Å²) in [6.45, 7) is 2.39. The van der Waals surface area contributed by atoms with E-state index in [1.165, 1.54) is 16.7 Å².